The van der Waals surface area contributed by atoms with Crippen LogP contribution < -0.4 is 5.32 Å². The van der Waals surface area contributed by atoms with Crippen LogP contribution in [-0.2, 0) is 32.5 Å². The molecule has 2 aliphatic carbocycles. The molecule has 0 aromatic heterocycles. The number of hydrogen-bond donors (Lipinski definition) is 1. The van der Waals surface area contributed by atoms with Crippen molar-refractivity contribution < 1.29 is 0 Å². The Morgan fingerprint density at radius 3 is 1.45 bits per heavy atom. The van der Waals surface area contributed by atoms with E-state index in [1.807, 2.05) is 0 Å². The first-order valence-electron chi connectivity index (χ1n) is 17.9. The van der Waals surface area contributed by atoms with Gasteiger partial charge in [0.25, 0.3) is 0 Å². The monoisotopic (exact) mass is 625 g/mol. The highest BCUT2D eigenvalue weighted by Gasteiger charge is 2.45. The first kappa shape index (κ1) is 33.6. The van der Waals surface area contributed by atoms with Gasteiger partial charge < -0.3 is 5.32 Å². The van der Waals surface area contributed by atoms with Crippen LogP contribution in [0.25, 0.3) is 11.1 Å². The van der Waals surface area contributed by atoms with Crippen LogP contribution in [0.3, 0.4) is 0 Å². The number of rotatable bonds is 3. The fraction of sp³-hybridized carbons (Fsp3) is 0.478. The van der Waals surface area contributed by atoms with Crippen LogP contribution in [0.1, 0.15) is 154 Å². The fourth-order valence-electron chi connectivity index (χ4n) is 8.29. The zero-order valence-electron chi connectivity index (χ0n) is 31.8. The van der Waals surface area contributed by atoms with Crippen LogP contribution in [0.15, 0.2) is 72.8 Å². The molecule has 4 aromatic carbocycles. The number of fused-ring (bicyclic) bond motifs is 3. The lowest BCUT2D eigenvalue weighted by Gasteiger charge is -2.48. The molecule has 0 aliphatic heterocycles. The van der Waals surface area contributed by atoms with Gasteiger partial charge in [-0.05, 0) is 109 Å². The van der Waals surface area contributed by atoms with Crippen molar-refractivity contribution in [1.82, 2.24) is 0 Å². The van der Waals surface area contributed by atoms with Gasteiger partial charge in [0.05, 0.1) is 0 Å². The van der Waals surface area contributed by atoms with E-state index < -0.39 is 0 Å². The van der Waals surface area contributed by atoms with Crippen LogP contribution >= 0.6 is 0 Å². The molecule has 1 nitrogen and oxygen atoms in total. The second-order valence-electron chi connectivity index (χ2n) is 19.2. The van der Waals surface area contributed by atoms with Crippen molar-refractivity contribution in [1.29, 1.82) is 0 Å². The van der Waals surface area contributed by atoms with Gasteiger partial charge >= 0.3 is 0 Å². The van der Waals surface area contributed by atoms with Gasteiger partial charge in [0, 0.05) is 27.8 Å². The predicted molar refractivity (Wildman–Crippen MR) is 205 cm³/mol. The number of anilines is 2. The van der Waals surface area contributed by atoms with E-state index in [9.17, 15) is 0 Å². The standard InChI is InChI=1S/C46H59N/c1-41(2,3)30-17-15-29(16-18-30)33-25-31(42(4,5)6)19-22-40(33)47-32-20-21-34-37(26-32)46(13,14)39-28-36-35(27-38(39)45(34,11)12)43(7,8)23-24-44(36,9)10/h15-22,25-28,47H,23-24H2,1-14H3. The van der Waals surface area contributed by atoms with E-state index >= 15 is 0 Å². The third-order valence-electron chi connectivity index (χ3n) is 11.9. The minimum Gasteiger partial charge on any atom is -0.355 e. The molecule has 0 spiro atoms. The second kappa shape index (κ2) is 10.6. The minimum atomic E-state index is -0.119. The van der Waals surface area contributed by atoms with E-state index in [0.717, 1.165) is 11.4 Å². The summed E-state index contributed by atoms with van der Waals surface area (Å²) >= 11 is 0. The van der Waals surface area contributed by atoms with Crippen molar-refractivity contribution in [3.05, 3.63) is 117 Å². The van der Waals surface area contributed by atoms with Crippen LogP contribution in [0.2, 0.25) is 0 Å². The lowest BCUT2D eigenvalue weighted by Crippen LogP contribution is -2.40. The Bertz CT molecular complexity index is 1850. The highest BCUT2D eigenvalue weighted by molar-refractivity contribution is 5.82. The smallest absolute Gasteiger partial charge is 0.0464 e. The fourth-order valence-corrected chi connectivity index (χ4v) is 8.29. The molecule has 0 unspecified atom stereocenters. The Morgan fingerprint density at radius 2 is 0.936 bits per heavy atom. The molecule has 0 fully saturated rings. The zero-order chi connectivity index (χ0) is 34.5. The summed E-state index contributed by atoms with van der Waals surface area (Å²) in [6.45, 7) is 33.3. The molecule has 0 heterocycles. The molecule has 0 radical (unpaired) electrons. The average Bonchev–Trinajstić information content (AvgIpc) is 2.97. The van der Waals surface area contributed by atoms with Crippen LogP contribution in [-0.4, -0.2) is 0 Å². The van der Waals surface area contributed by atoms with Crippen molar-refractivity contribution in [3.63, 3.8) is 0 Å². The van der Waals surface area contributed by atoms with Crippen molar-refractivity contribution in [2.24, 2.45) is 0 Å². The van der Waals surface area contributed by atoms with Crippen molar-refractivity contribution in [2.45, 2.75) is 142 Å². The van der Waals surface area contributed by atoms with E-state index in [4.69, 9.17) is 0 Å². The van der Waals surface area contributed by atoms with E-state index in [2.05, 4.69) is 175 Å². The maximum atomic E-state index is 3.91. The lowest BCUT2D eigenvalue weighted by atomic mass is 9.56. The molecular weight excluding hydrogens is 567 g/mol. The molecule has 0 bridgehead atoms. The summed E-state index contributed by atoms with van der Waals surface area (Å²) in [5.41, 5.74) is 16.8. The predicted octanol–water partition coefficient (Wildman–Crippen LogP) is 13.0. The normalized spacial score (nSPS) is 18.9. The third kappa shape index (κ3) is 5.66. The minimum absolute atomic E-state index is 0.0659. The highest BCUT2D eigenvalue weighted by Crippen LogP contribution is 2.55. The summed E-state index contributed by atoms with van der Waals surface area (Å²) in [6.07, 6.45) is 2.47. The van der Waals surface area contributed by atoms with Crippen molar-refractivity contribution in [2.75, 3.05) is 5.32 Å². The van der Waals surface area contributed by atoms with Gasteiger partial charge in [0.15, 0.2) is 0 Å². The zero-order valence-corrected chi connectivity index (χ0v) is 31.8. The number of hydrogen-bond acceptors (Lipinski definition) is 1. The quantitative estimate of drug-likeness (QED) is 0.239. The Balaban J connectivity index is 1.46. The first-order chi connectivity index (χ1) is 21.5. The van der Waals surface area contributed by atoms with E-state index in [0.29, 0.717) is 0 Å². The topological polar surface area (TPSA) is 12.0 Å². The molecule has 0 saturated carbocycles. The van der Waals surface area contributed by atoms with Crippen molar-refractivity contribution in [3.8, 4) is 11.1 Å². The third-order valence-corrected chi connectivity index (χ3v) is 11.9. The summed E-state index contributed by atoms with van der Waals surface area (Å²) in [7, 11) is 0. The van der Waals surface area contributed by atoms with Gasteiger partial charge in [-0.15, -0.1) is 0 Å². The lowest BCUT2D eigenvalue weighted by molar-refractivity contribution is 0.329. The number of benzene rings is 4. The van der Waals surface area contributed by atoms with Gasteiger partial charge in [-0.1, -0.05) is 145 Å². The van der Waals surface area contributed by atoms with Gasteiger partial charge in [-0.2, -0.15) is 0 Å². The molecule has 47 heavy (non-hydrogen) atoms. The molecule has 0 saturated heterocycles. The molecular formula is C46H59N. The largest absolute Gasteiger partial charge is 0.355 e. The molecule has 2 aliphatic rings. The molecule has 0 amide bonds. The summed E-state index contributed by atoms with van der Waals surface area (Å²) in [5.74, 6) is 0. The average molecular weight is 626 g/mol. The summed E-state index contributed by atoms with van der Waals surface area (Å²) in [5, 5.41) is 3.91. The van der Waals surface area contributed by atoms with E-state index in [1.54, 1.807) is 11.1 Å². The Morgan fingerprint density at radius 1 is 0.468 bits per heavy atom. The van der Waals surface area contributed by atoms with Crippen LogP contribution in [0.4, 0.5) is 11.4 Å². The molecule has 1 heteroatoms. The van der Waals surface area contributed by atoms with E-state index in [-0.39, 0.29) is 32.5 Å². The summed E-state index contributed by atoms with van der Waals surface area (Å²) in [6, 6.07) is 28.5. The number of nitrogens with one attached hydrogen (secondary N) is 1. The Kier molecular flexibility index (Phi) is 7.56. The Hall–Kier alpha value is -3.32. The highest BCUT2D eigenvalue weighted by atomic mass is 14.9. The molecule has 1 N–H and O–H groups in total. The molecule has 4 aromatic rings. The maximum Gasteiger partial charge on any atom is 0.0464 e. The van der Waals surface area contributed by atoms with Crippen LogP contribution in [0, 0.1) is 0 Å². The Labute approximate surface area is 286 Å². The van der Waals surface area contributed by atoms with Gasteiger partial charge in [-0.3, -0.25) is 0 Å². The molecule has 6 rings (SSSR count). The second-order valence-corrected chi connectivity index (χ2v) is 19.2. The van der Waals surface area contributed by atoms with Gasteiger partial charge in [0.1, 0.15) is 0 Å². The summed E-state index contributed by atoms with van der Waals surface area (Å²) in [4.78, 5) is 0. The van der Waals surface area contributed by atoms with Crippen molar-refractivity contribution >= 4 is 11.4 Å². The maximum absolute atomic E-state index is 3.91. The summed E-state index contributed by atoms with van der Waals surface area (Å²) < 4.78 is 0. The van der Waals surface area contributed by atoms with Gasteiger partial charge in [0.2, 0.25) is 0 Å². The van der Waals surface area contributed by atoms with E-state index in [1.165, 1.54) is 57.3 Å². The van der Waals surface area contributed by atoms with Crippen LogP contribution in [0.5, 0.6) is 0 Å². The molecule has 248 valence electrons. The molecule has 0 atom stereocenters. The van der Waals surface area contributed by atoms with Gasteiger partial charge in [-0.25, -0.2) is 0 Å². The first-order valence-corrected chi connectivity index (χ1v) is 17.9. The SMILES string of the molecule is CC(C)(C)c1ccc(-c2cc(C(C)(C)C)ccc2Nc2ccc3c(c2)C(C)(C)c2cc4c(cc2C3(C)C)C(C)(C)CCC4(C)C)cc1.